The Hall–Kier alpha value is -2.02. The van der Waals surface area contributed by atoms with Crippen molar-refractivity contribution in [2.75, 3.05) is 0 Å². The number of allylic oxidation sites excluding steroid dienone is 1. The summed E-state index contributed by atoms with van der Waals surface area (Å²) in [6.07, 6.45) is 3.59. The lowest BCUT2D eigenvalue weighted by Gasteiger charge is -2.03. The van der Waals surface area contributed by atoms with E-state index in [1.54, 1.807) is 6.08 Å². The molecule has 0 atom stereocenters. The molecule has 0 aliphatic rings. The molecule has 2 heterocycles. The molecule has 0 spiro atoms. The van der Waals surface area contributed by atoms with Crippen molar-refractivity contribution in [3.8, 4) is 0 Å². The summed E-state index contributed by atoms with van der Waals surface area (Å²) in [5.41, 5.74) is 6.24. The predicted octanol–water partition coefficient (Wildman–Crippen LogP) is 2.86. The molecule has 106 valence electrons. The molecule has 0 amide bonds. The topological polar surface area (TPSA) is 68.6 Å². The van der Waals surface area contributed by atoms with Gasteiger partial charge in [0.25, 0.3) is 6.43 Å². The Kier molecular flexibility index (Phi) is 4.29. The first kappa shape index (κ1) is 14.4. The van der Waals surface area contributed by atoms with Crippen LogP contribution in [-0.2, 0) is 0 Å². The highest BCUT2D eigenvalue weighted by molar-refractivity contribution is 6.30. The van der Waals surface area contributed by atoms with Crippen LogP contribution in [0.15, 0.2) is 34.8 Å². The van der Waals surface area contributed by atoms with Gasteiger partial charge in [0.2, 0.25) is 0 Å². The van der Waals surface area contributed by atoms with Gasteiger partial charge in [-0.2, -0.15) is 0 Å². The zero-order chi connectivity index (χ0) is 14.7. The third kappa shape index (κ3) is 2.93. The standard InChI is InChI=1S/C12H12ClF2N5/c1-2-3-9(13)19-12(16)8-4-18-10-5-17-7(11(14)15)6-20(8)10/h3-6,11H,2H2,1H3,(H2,16,19)/b9-3-. The Morgan fingerprint density at radius 1 is 1.50 bits per heavy atom. The van der Waals surface area contributed by atoms with Gasteiger partial charge in [-0.25, -0.2) is 23.7 Å². The van der Waals surface area contributed by atoms with Gasteiger partial charge in [-0.1, -0.05) is 18.5 Å². The van der Waals surface area contributed by atoms with Crippen molar-refractivity contribution in [2.45, 2.75) is 19.8 Å². The van der Waals surface area contributed by atoms with Gasteiger partial charge in [0.05, 0.1) is 12.4 Å². The van der Waals surface area contributed by atoms with Gasteiger partial charge < -0.3 is 5.73 Å². The maximum Gasteiger partial charge on any atom is 0.281 e. The van der Waals surface area contributed by atoms with Crippen molar-refractivity contribution >= 4 is 23.1 Å². The molecule has 0 saturated carbocycles. The number of aliphatic imine (C=N–C) groups is 1. The van der Waals surface area contributed by atoms with Crippen LogP contribution in [0, 0.1) is 0 Å². The minimum absolute atomic E-state index is 0.0959. The van der Waals surface area contributed by atoms with Crippen LogP contribution in [0.3, 0.4) is 0 Å². The quantitative estimate of drug-likeness (QED) is 0.536. The maximum absolute atomic E-state index is 12.7. The van der Waals surface area contributed by atoms with E-state index in [9.17, 15) is 8.78 Å². The maximum atomic E-state index is 12.7. The molecule has 0 radical (unpaired) electrons. The molecule has 2 aromatic heterocycles. The SMILES string of the molecule is CC/C=C(/Cl)N=C(N)c1cnc2cnc(C(F)F)cn12. The lowest BCUT2D eigenvalue weighted by atomic mass is 10.4. The Labute approximate surface area is 118 Å². The van der Waals surface area contributed by atoms with E-state index in [-0.39, 0.29) is 16.7 Å². The van der Waals surface area contributed by atoms with Crippen LogP contribution in [0.25, 0.3) is 5.65 Å². The monoisotopic (exact) mass is 299 g/mol. The van der Waals surface area contributed by atoms with Gasteiger partial charge in [0.15, 0.2) is 11.5 Å². The number of hydrogen-bond acceptors (Lipinski definition) is 3. The van der Waals surface area contributed by atoms with Crippen LogP contribution in [0.5, 0.6) is 0 Å². The summed E-state index contributed by atoms with van der Waals surface area (Å²) in [7, 11) is 0. The highest BCUT2D eigenvalue weighted by Gasteiger charge is 2.13. The molecule has 8 heteroatoms. The van der Waals surface area contributed by atoms with Crippen LogP contribution in [0.1, 0.15) is 31.2 Å². The van der Waals surface area contributed by atoms with E-state index < -0.39 is 6.43 Å². The molecule has 0 aliphatic heterocycles. The minimum atomic E-state index is -2.67. The number of alkyl halides is 2. The molecule has 20 heavy (non-hydrogen) atoms. The zero-order valence-corrected chi connectivity index (χ0v) is 11.3. The molecular formula is C12H12ClF2N5. The number of aromatic nitrogens is 3. The van der Waals surface area contributed by atoms with Gasteiger partial charge in [0, 0.05) is 6.20 Å². The van der Waals surface area contributed by atoms with Gasteiger partial charge in [-0.3, -0.25) is 4.40 Å². The normalized spacial score (nSPS) is 13.4. The molecule has 2 N–H and O–H groups in total. The molecule has 2 rings (SSSR count). The molecule has 0 aromatic carbocycles. The number of nitrogens with zero attached hydrogens (tertiary/aromatic N) is 4. The smallest absolute Gasteiger partial charge is 0.281 e. The molecule has 5 nitrogen and oxygen atoms in total. The van der Waals surface area contributed by atoms with E-state index >= 15 is 0 Å². The van der Waals surface area contributed by atoms with Gasteiger partial charge >= 0.3 is 0 Å². The Bertz CT molecular complexity index is 678. The van der Waals surface area contributed by atoms with Crippen molar-refractivity contribution in [2.24, 2.45) is 10.7 Å². The largest absolute Gasteiger partial charge is 0.382 e. The van der Waals surface area contributed by atoms with Crippen LogP contribution >= 0.6 is 11.6 Å². The van der Waals surface area contributed by atoms with Crippen LogP contribution in [-0.4, -0.2) is 20.2 Å². The van der Waals surface area contributed by atoms with Crippen molar-refractivity contribution in [1.29, 1.82) is 0 Å². The van der Waals surface area contributed by atoms with E-state index in [1.165, 1.54) is 23.0 Å². The summed E-state index contributed by atoms with van der Waals surface area (Å²) < 4.78 is 26.7. The number of rotatable bonds is 4. The first-order valence-electron chi connectivity index (χ1n) is 5.84. The van der Waals surface area contributed by atoms with Crippen molar-refractivity contribution in [3.63, 3.8) is 0 Å². The van der Waals surface area contributed by atoms with E-state index in [0.717, 1.165) is 0 Å². The fourth-order valence-corrected chi connectivity index (χ4v) is 1.84. The number of fused-ring (bicyclic) bond motifs is 1. The molecule has 0 saturated heterocycles. The highest BCUT2D eigenvalue weighted by atomic mass is 35.5. The zero-order valence-electron chi connectivity index (χ0n) is 10.6. The van der Waals surface area contributed by atoms with Crippen molar-refractivity contribution in [3.05, 3.63) is 41.2 Å². The molecule has 0 fully saturated rings. The third-order valence-electron chi connectivity index (χ3n) is 2.50. The lowest BCUT2D eigenvalue weighted by molar-refractivity contribution is 0.145. The highest BCUT2D eigenvalue weighted by Crippen LogP contribution is 2.17. The Morgan fingerprint density at radius 3 is 2.90 bits per heavy atom. The molecule has 2 aromatic rings. The number of halogens is 3. The van der Waals surface area contributed by atoms with E-state index in [4.69, 9.17) is 17.3 Å². The van der Waals surface area contributed by atoms with Gasteiger partial charge in [0.1, 0.15) is 16.5 Å². The van der Waals surface area contributed by atoms with Crippen LogP contribution < -0.4 is 5.73 Å². The number of amidine groups is 1. The van der Waals surface area contributed by atoms with Gasteiger partial charge in [-0.15, -0.1) is 0 Å². The van der Waals surface area contributed by atoms with Crippen LogP contribution in [0.2, 0.25) is 0 Å². The summed E-state index contributed by atoms with van der Waals surface area (Å²) in [4.78, 5) is 11.6. The first-order chi connectivity index (χ1) is 9.52. The average Bonchev–Trinajstić information content (AvgIpc) is 2.81. The number of imidazole rings is 1. The second-order valence-electron chi connectivity index (χ2n) is 3.92. The Morgan fingerprint density at radius 2 is 2.25 bits per heavy atom. The van der Waals surface area contributed by atoms with Crippen LogP contribution in [0.4, 0.5) is 8.78 Å². The van der Waals surface area contributed by atoms with Gasteiger partial charge in [-0.05, 0) is 12.5 Å². The summed E-state index contributed by atoms with van der Waals surface area (Å²) >= 11 is 5.86. The average molecular weight is 300 g/mol. The number of nitrogens with two attached hydrogens (primary N) is 1. The number of hydrogen-bond donors (Lipinski definition) is 1. The summed E-state index contributed by atoms with van der Waals surface area (Å²) in [5.74, 6) is 0.0959. The second-order valence-corrected chi connectivity index (χ2v) is 4.30. The van der Waals surface area contributed by atoms with Crippen molar-refractivity contribution in [1.82, 2.24) is 14.4 Å². The van der Waals surface area contributed by atoms with Crippen molar-refractivity contribution < 1.29 is 8.78 Å². The summed E-state index contributed by atoms with van der Waals surface area (Å²) in [6.45, 7) is 1.91. The van der Waals surface area contributed by atoms with E-state index in [1.807, 2.05) is 6.92 Å². The summed E-state index contributed by atoms with van der Waals surface area (Å²) in [5, 5.41) is 0.239. The molecule has 0 unspecified atom stereocenters. The molecular weight excluding hydrogens is 288 g/mol. The fourth-order valence-electron chi connectivity index (χ4n) is 1.59. The predicted molar refractivity (Wildman–Crippen MR) is 72.9 cm³/mol. The fraction of sp³-hybridized carbons (Fsp3) is 0.250. The summed E-state index contributed by atoms with van der Waals surface area (Å²) in [6, 6.07) is 0. The third-order valence-corrected chi connectivity index (χ3v) is 2.74. The van der Waals surface area contributed by atoms with E-state index in [2.05, 4.69) is 15.0 Å². The second kappa shape index (κ2) is 5.96. The Balaban J connectivity index is 2.49. The minimum Gasteiger partial charge on any atom is -0.382 e. The van der Waals surface area contributed by atoms with E-state index in [0.29, 0.717) is 17.8 Å². The first-order valence-corrected chi connectivity index (χ1v) is 6.22. The molecule has 0 bridgehead atoms. The molecule has 0 aliphatic carbocycles. The lowest BCUT2D eigenvalue weighted by Crippen LogP contribution is -2.16.